The molecule has 1 aromatic heterocycles. The number of nitrogens with zero attached hydrogens (tertiary/aromatic N) is 2. The van der Waals surface area contributed by atoms with Crippen molar-refractivity contribution >= 4 is 45.8 Å². The Morgan fingerprint density at radius 1 is 0.935 bits per heavy atom. The van der Waals surface area contributed by atoms with E-state index in [1.165, 1.54) is 24.3 Å². The van der Waals surface area contributed by atoms with Crippen molar-refractivity contribution in [3.05, 3.63) is 105 Å². The normalized spacial score (nSPS) is 11.5. The summed E-state index contributed by atoms with van der Waals surface area (Å²) in [4.78, 5) is 24.7. The first-order valence-electron chi connectivity index (χ1n) is 9.25. The average molecular weight is 431 g/mol. The van der Waals surface area contributed by atoms with Crippen LogP contribution in [0.1, 0.15) is 15.9 Å². The number of ketones is 1. The molecular formula is C24H15ClN2O4. The van der Waals surface area contributed by atoms with E-state index in [1.807, 2.05) is 0 Å². The van der Waals surface area contributed by atoms with Gasteiger partial charge in [-0.15, -0.1) is 0 Å². The van der Waals surface area contributed by atoms with Gasteiger partial charge in [-0.3, -0.25) is 4.79 Å². The van der Waals surface area contributed by atoms with Crippen LogP contribution in [0.3, 0.4) is 0 Å². The van der Waals surface area contributed by atoms with E-state index in [4.69, 9.17) is 16.0 Å². The third-order valence-electron chi connectivity index (χ3n) is 4.44. The number of rotatable bonds is 5. The van der Waals surface area contributed by atoms with E-state index < -0.39 is 11.4 Å². The summed E-state index contributed by atoms with van der Waals surface area (Å²) in [5.41, 5.74) is 1.05. The van der Waals surface area contributed by atoms with Crippen LogP contribution in [-0.2, 0) is 0 Å². The molecule has 1 N–H and O–H groups in total. The van der Waals surface area contributed by atoms with Crippen LogP contribution in [0, 0.1) is 0 Å². The zero-order valence-electron chi connectivity index (χ0n) is 16.0. The molecule has 152 valence electrons. The Kier molecular flexibility index (Phi) is 5.73. The molecular weight excluding hydrogens is 416 g/mol. The van der Waals surface area contributed by atoms with Gasteiger partial charge in [-0.05, 0) is 66.7 Å². The molecule has 0 atom stereocenters. The van der Waals surface area contributed by atoms with Gasteiger partial charge in [-0.1, -0.05) is 29.8 Å². The van der Waals surface area contributed by atoms with E-state index in [-0.39, 0.29) is 11.3 Å². The quantitative estimate of drug-likeness (QED) is 0.170. The Bertz CT molecular complexity index is 1390. The van der Waals surface area contributed by atoms with E-state index in [0.717, 1.165) is 0 Å². The Balaban J connectivity index is 1.58. The van der Waals surface area contributed by atoms with Gasteiger partial charge in [-0.2, -0.15) is 10.2 Å². The summed E-state index contributed by atoms with van der Waals surface area (Å²) in [6.07, 6.45) is 2.61. The van der Waals surface area contributed by atoms with E-state index >= 15 is 0 Å². The van der Waals surface area contributed by atoms with Crippen LogP contribution >= 0.6 is 11.6 Å². The minimum atomic E-state index is -0.719. The summed E-state index contributed by atoms with van der Waals surface area (Å²) < 4.78 is 5.19. The van der Waals surface area contributed by atoms with Crippen molar-refractivity contribution < 1.29 is 14.3 Å². The molecule has 4 rings (SSSR count). The second kappa shape index (κ2) is 8.77. The van der Waals surface area contributed by atoms with Crippen LogP contribution in [0.15, 0.2) is 98.3 Å². The van der Waals surface area contributed by atoms with Crippen LogP contribution in [0.25, 0.3) is 17.0 Å². The van der Waals surface area contributed by atoms with Crippen LogP contribution in [0.5, 0.6) is 5.75 Å². The number of para-hydroxylation sites is 1. The van der Waals surface area contributed by atoms with Gasteiger partial charge in [0, 0.05) is 16.0 Å². The summed E-state index contributed by atoms with van der Waals surface area (Å²) in [5.74, 6) is -0.577. The fourth-order valence-electron chi connectivity index (χ4n) is 2.85. The fraction of sp³-hybridized carbons (Fsp3) is 0. The number of hydrogen-bond donors (Lipinski definition) is 1. The first-order valence-corrected chi connectivity index (χ1v) is 9.63. The number of phenolic OH excluding ortho intramolecular Hbond substituents is 1. The van der Waals surface area contributed by atoms with Crippen LogP contribution in [-0.4, -0.2) is 10.9 Å². The molecule has 0 aliphatic heterocycles. The lowest BCUT2D eigenvalue weighted by Crippen LogP contribution is -2.11. The largest absolute Gasteiger partial charge is 0.507 e. The lowest BCUT2D eigenvalue weighted by Gasteiger charge is -2.01. The molecule has 0 aliphatic carbocycles. The molecule has 0 aliphatic rings. The number of halogens is 1. The lowest BCUT2D eigenvalue weighted by atomic mass is 10.1. The maximum absolute atomic E-state index is 12.5. The van der Waals surface area contributed by atoms with Gasteiger partial charge in [0.25, 0.3) is 0 Å². The number of hydrogen-bond acceptors (Lipinski definition) is 6. The fourth-order valence-corrected chi connectivity index (χ4v) is 2.98. The minimum Gasteiger partial charge on any atom is -0.507 e. The number of aromatic hydroxyl groups is 1. The molecule has 31 heavy (non-hydrogen) atoms. The van der Waals surface area contributed by atoms with Crippen molar-refractivity contribution in [2.75, 3.05) is 0 Å². The van der Waals surface area contributed by atoms with E-state index in [2.05, 4.69) is 10.2 Å². The first kappa shape index (κ1) is 20.3. The molecule has 0 bridgehead atoms. The highest BCUT2D eigenvalue weighted by Gasteiger charge is 2.11. The summed E-state index contributed by atoms with van der Waals surface area (Å²) in [5, 5.41) is 19.6. The third-order valence-corrected chi connectivity index (χ3v) is 4.69. The Morgan fingerprint density at radius 3 is 2.45 bits per heavy atom. The highest BCUT2D eigenvalue weighted by Crippen LogP contribution is 2.27. The topological polar surface area (TPSA) is 92.2 Å². The molecule has 0 fully saturated rings. The zero-order chi connectivity index (χ0) is 21.8. The van der Waals surface area contributed by atoms with Crippen LogP contribution in [0.4, 0.5) is 11.4 Å². The molecule has 3 aromatic carbocycles. The van der Waals surface area contributed by atoms with Crippen molar-refractivity contribution in [2.24, 2.45) is 10.2 Å². The predicted molar refractivity (Wildman–Crippen MR) is 120 cm³/mol. The van der Waals surface area contributed by atoms with Gasteiger partial charge in [0.15, 0.2) is 5.78 Å². The second-order valence-corrected chi connectivity index (χ2v) is 7.04. The SMILES string of the molecule is O=C(/C=C/c1cc(N=Nc2ccc(Cl)cc2)ccc1O)c1cc2ccccc2oc1=O. The number of fused-ring (bicyclic) bond motifs is 1. The highest BCUT2D eigenvalue weighted by molar-refractivity contribution is 6.30. The smallest absolute Gasteiger partial charge is 0.347 e. The van der Waals surface area contributed by atoms with Crippen molar-refractivity contribution in [1.29, 1.82) is 0 Å². The highest BCUT2D eigenvalue weighted by atomic mass is 35.5. The Morgan fingerprint density at radius 2 is 1.65 bits per heavy atom. The molecule has 4 aromatic rings. The summed E-state index contributed by atoms with van der Waals surface area (Å²) in [6.45, 7) is 0. The molecule has 0 saturated heterocycles. The molecule has 0 unspecified atom stereocenters. The molecule has 0 saturated carbocycles. The van der Waals surface area contributed by atoms with Crippen LogP contribution < -0.4 is 5.63 Å². The third kappa shape index (κ3) is 4.76. The molecule has 0 radical (unpaired) electrons. The van der Waals surface area contributed by atoms with E-state index in [1.54, 1.807) is 60.7 Å². The van der Waals surface area contributed by atoms with Gasteiger partial charge in [0.2, 0.25) is 0 Å². The Hall–Kier alpha value is -4.03. The number of phenols is 1. The number of carbonyl (C=O) groups is 1. The van der Waals surface area contributed by atoms with Crippen LogP contribution in [0.2, 0.25) is 5.02 Å². The van der Waals surface area contributed by atoms with E-state index in [9.17, 15) is 14.7 Å². The van der Waals surface area contributed by atoms with E-state index in [0.29, 0.717) is 32.9 Å². The van der Waals surface area contributed by atoms with Gasteiger partial charge in [-0.25, -0.2) is 4.79 Å². The molecule has 1 heterocycles. The number of allylic oxidation sites excluding steroid dienone is 1. The molecule has 0 spiro atoms. The monoisotopic (exact) mass is 430 g/mol. The number of carbonyl (C=O) groups excluding carboxylic acids is 1. The Labute approximate surface area is 181 Å². The number of azo groups is 1. The van der Waals surface area contributed by atoms with Crippen molar-refractivity contribution in [1.82, 2.24) is 0 Å². The van der Waals surface area contributed by atoms with Crippen molar-refractivity contribution in [2.45, 2.75) is 0 Å². The zero-order valence-corrected chi connectivity index (χ0v) is 16.8. The first-order chi connectivity index (χ1) is 15.0. The maximum atomic E-state index is 12.5. The maximum Gasteiger partial charge on any atom is 0.347 e. The standard InChI is InChI=1S/C24H15ClN2O4/c25-17-6-8-18(9-7-17)26-27-19-10-12-21(28)15(13-19)5-11-22(29)20-14-16-3-1-2-4-23(16)31-24(20)30/h1-14,28H/b11-5+,27-26?. The predicted octanol–water partition coefficient (Wildman–Crippen LogP) is 6.46. The number of benzene rings is 3. The van der Waals surface area contributed by atoms with Gasteiger partial charge in [0.1, 0.15) is 16.9 Å². The second-order valence-electron chi connectivity index (χ2n) is 6.60. The van der Waals surface area contributed by atoms with Crippen molar-refractivity contribution in [3.8, 4) is 5.75 Å². The molecule has 6 nitrogen and oxygen atoms in total. The van der Waals surface area contributed by atoms with Gasteiger partial charge < -0.3 is 9.52 Å². The van der Waals surface area contributed by atoms with Gasteiger partial charge >= 0.3 is 5.63 Å². The van der Waals surface area contributed by atoms with Gasteiger partial charge in [0.05, 0.1) is 11.4 Å². The minimum absolute atomic E-state index is 0.0416. The molecule has 0 amide bonds. The summed E-state index contributed by atoms with van der Waals surface area (Å²) in [6, 6.07) is 19.9. The average Bonchev–Trinajstić information content (AvgIpc) is 2.78. The summed E-state index contributed by atoms with van der Waals surface area (Å²) in [7, 11) is 0. The summed E-state index contributed by atoms with van der Waals surface area (Å²) >= 11 is 5.85. The lowest BCUT2D eigenvalue weighted by molar-refractivity contribution is 0.104. The van der Waals surface area contributed by atoms with Crippen molar-refractivity contribution in [3.63, 3.8) is 0 Å². The molecule has 7 heteroatoms.